The Kier molecular flexibility index (Phi) is 1.89. The molecule has 3 atom stereocenters. The molecule has 0 aliphatic carbocycles. The lowest BCUT2D eigenvalue weighted by molar-refractivity contribution is 0.0359. The number of ether oxygens (including phenoxy) is 4. The van der Waals surface area contributed by atoms with Gasteiger partial charge in [0, 0.05) is 0 Å². The van der Waals surface area contributed by atoms with E-state index in [0.29, 0.717) is 0 Å². The van der Waals surface area contributed by atoms with Gasteiger partial charge in [0.15, 0.2) is 12.2 Å². The van der Waals surface area contributed by atoms with Crippen LogP contribution in [0.1, 0.15) is 0 Å². The van der Waals surface area contributed by atoms with E-state index in [1.54, 1.807) is 6.07 Å². The first-order valence-electron chi connectivity index (χ1n) is 3.81. The predicted octanol–water partition coefficient (Wildman–Crippen LogP) is -0.0506. The van der Waals surface area contributed by atoms with Crippen LogP contribution in [0, 0.1) is 11.3 Å². The van der Waals surface area contributed by atoms with Gasteiger partial charge in [-0.25, -0.2) is 9.59 Å². The van der Waals surface area contributed by atoms with E-state index in [1.807, 2.05) is 0 Å². The zero-order valence-corrected chi connectivity index (χ0v) is 6.84. The first kappa shape index (κ1) is 8.62. The molecule has 0 aromatic carbocycles. The summed E-state index contributed by atoms with van der Waals surface area (Å²) >= 11 is 0. The predicted molar refractivity (Wildman–Crippen MR) is 37.0 cm³/mol. The summed E-state index contributed by atoms with van der Waals surface area (Å²) in [5.74, 6) is 0. The van der Waals surface area contributed by atoms with Gasteiger partial charge < -0.3 is 18.9 Å². The van der Waals surface area contributed by atoms with Gasteiger partial charge >= 0.3 is 12.3 Å². The minimum atomic E-state index is -1.05. The van der Waals surface area contributed by atoms with Crippen LogP contribution in [-0.4, -0.2) is 37.2 Å². The normalized spacial score (nSPS) is 35.2. The Balaban J connectivity index is 2.07. The first-order valence-corrected chi connectivity index (χ1v) is 3.81. The van der Waals surface area contributed by atoms with Gasteiger partial charge in [-0.3, -0.25) is 0 Å². The summed E-state index contributed by atoms with van der Waals surface area (Å²) in [5.41, 5.74) is 0. The Labute approximate surface area is 78.1 Å². The highest BCUT2D eigenvalue weighted by Crippen LogP contribution is 2.23. The number of rotatable bonds is 1. The molecule has 74 valence electrons. The van der Waals surface area contributed by atoms with Crippen molar-refractivity contribution in [3.63, 3.8) is 0 Å². The van der Waals surface area contributed by atoms with E-state index in [-0.39, 0.29) is 6.61 Å². The van der Waals surface area contributed by atoms with Crippen molar-refractivity contribution >= 4 is 12.3 Å². The van der Waals surface area contributed by atoms with Gasteiger partial charge in [0.05, 0.1) is 0 Å². The Morgan fingerprint density at radius 1 is 1.21 bits per heavy atom. The van der Waals surface area contributed by atoms with Crippen molar-refractivity contribution in [2.24, 2.45) is 0 Å². The molecular formula is C7H5NO6. The molecule has 0 amide bonds. The lowest BCUT2D eigenvalue weighted by atomic mass is 10.1. The van der Waals surface area contributed by atoms with Crippen molar-refractivity contribution in [2.75, 3.05) is 6.61 Å². The molecule has 7 nitrogen and oxygen atoms in total. The topological polar surface area (TPSA) is 94.9 Å². The molecule has 2 saturated heterocycles. The van der Waals surface area contributed by atoms with Crippen LogP contribution in [0.3, 0.4) is 0 Å². The van der Waals surface area contributed by atoms with Crippen molar-refractivity contribution in [2.45, 2.75) is 18.3 Å². The van der Waals surface area contributed by atoms with Gasteiger partial charge in [-0.15, -0.1) is 0 Å². The second-order valence-corrected chi connectivity index (χ2v) is 2.72. The number of carbonyl (C=O) groups is 2. The highest BCUT2D eigenvalue weighted by molar-refractivity contribution is 5.65. The van der Waals surface area contributed by atoms with Crippen LogP contribution in [0.15, 0.2) is 0 Å². The maximum Gasteiger partial charge on any atom is 0.510 e. The molecule has 7 heteroatoms. The number of nitrogens with zero attached hydrogens (tertiary/aromatic N) is 1. The van der Waals surface area contributed by atoms with Crippen molar-refractivity contribution in [3.05, 3.63) is 0 Å². The molecule has 2 aliphatic rings. The second-order valence-electron chi connectivity index (χ2n) is 2.72. The van der Waals surface area contributed by atoms with Crippen LogP contribution in [-0.2, 0) is 18.9 Å². The number of cyclic esters (lactones) is 4. The van der Waals surface area contributed by atoms with Crippen LogP contribution in [0.5, 0.6) is 0 Å². The van der Waals surface area contributed by atoms with Crippen LogP contribution in [0.4, 0.5) is 9.59 Å². The highest BCUT2D eigenvalue weighted by Gasteiger charge is 2.47. The van der Waals surface area contributed by atoms with E-state index < -0.39 is 30.6 Å². The van der Waals surface area contributed by atoms with Gasteiger partial charge in [0.25, 0.3) is 0 Å². The largest absolute Gasteiger partial charge is 0.510 e. The molecule has 0 radical (unpaired) electrons. The number of nitriles is 1. The lowest BCUT2D eigenvalue weighted by Gasteiger charge is -2.12. The van der Waals surface area contributed by atoms with E-state index >= 15 is 0 Å². The summed E-state index contributed by atoms with van der Waals surface area (Å²) < 4.78 is 18.3. The van der Waals surface area contributed by atoms with Gasteiger partial charge in [-0.2, -0.15) is 5.26 Å². The van der Waals surface area contributed by atoms with Gasteiger partial charge in [-0.05, 0) is 0 Å². The Hall–Kier alpha value is -1.97. The molecule has 0 bridgehead atoms. The average Bonchev–Trinajstić information content (AvgIpc) is 2.71. The standard InChI is InChI=1S/C7H5NO6/c8-1-3-5(14-7(10)12-3)4-2-11-6(9)13-4/h3-5H,2H2. The Bertz CT molecular complexity index is 321. The molecule has 2 fully saturated rings. The first-order chi connectivity index (χ1) is 6.70. The quantitative estimate of drug-likeness (QED) is 0.546. The molecule has 0 aromatic heterocycles. The average molecular weight is 199 g/mol. The van der Waals surface area contributed by atoms with Gasteiger partial charge in [-0.1, -0.05) is 0 Å². The highest BCUT2D eigenvalue weighted by atomic mass is 16.8. The molecule has 3 unspecified atom stereocenters. The molecule has 2 heterocycles. The van der Waals surface area contributed by atoms with E-state index in [4.69, 9.17) is 5.26 Å². The van der Waals surface area contributed by atoms with Crippen molar-refractivity contribution in [1.29, 1.82) is 5.26 Å². The zero-order valence-electron chi connectivity index (χ0n) is 6.84. The Morgan fingerprint density at radius 2 is 2.00 bits per heavy atom. The van der Waals surface area contributed by atoms with E-state index in [1.165, 1.54) is 0 Å². The molecule has 0 saturated carbocycles. The zero-order chi connectivity index (χ0) is 10.1. The van der Waals surface area contributed by atoms with Gasteiger partial charge in [0.1, 0.15) is 12.7 Å². The second kappa shape index (κ2) is 3.06. The molecule has 2 rings (SSSR count). The van der Waals surface area contributed by atoms with E-state index in [2.05, 4.69) is 18.9 Å². The van der Waals surface area contributed by atoms with Crippen LogP contribution < -0.4 is 0 Å². The number of carbonyl (C=O) groups excluding carboxylic acids is 2. The summed E-state index contributed by atoms with van der Waals surface area (Å²) in [6.07, 6.45) is -4.50. The van der Waals surface area contributed by atoms with Crippen molar-refractivity contribution in [3.8, 4) is 6.07 Å². The summed E-state index contributed by atoms with van der Waals surface area (Å²) in [6.45, 7) is -0.0433. The summed E-state index contributed by atoms with van der Waals surface area (Å²) in [7, 11) is 0. The fourth-order valence-electron chi connectivity index (χ4n) is 1.25. The monoisotopic (exact) mass is 199 g/mol. The van der Waals surface area contributed by atoms with Crippen molar-refractivity contribution in [1.82, 2.24) is 0 Å². The molecular weight excluding hydrogens is 194 g/mol. The summed E-state index contributed by atoms with van der Waals surface area (Å²) in [4.78, 5) is 21.3. The maximum atomic E-state index is 10.7. The third-order valence-electron chi connectivity index (χ3n) is 1.86. The minimum absolute atomic E-state index is 0.0433. The molecule has 0 aromatic rings. The SMILES string of the molecule is N#CC1OC(=O)OC1C1COC(=O)O1. The lowest BCUT2D eigenvalue weighted by Crippen LogP contribution is -2.36. The fraction of sp³-hybridized carbons (Fsp3) is 0.571. The third-order valence-corrected chi connectivity index (χ3v) is 1.86. The smallest absolute Gasteiger partial charge is 0.430 e. The summed E-state index contributed by atoms with van der Waals surface area (Å²) in [5, 5.41) is 8.59. The fourth-order valence-corrected chi connectivity index (χ4v) is 1.25. The Morgan fingerprint density at radius 3 is 2.57 bits per heavy atom. The minimum Gasteiger partial charge on any atom is -0.430 e. The third kappa shape index (κ3) is 1.31. The molecule has 0 spiro atoms. The number of hydrogen-bond acceptors (Lipinski definition) is 7. The van der Waals surface area contributed by atoms with Crippen molar-refractivity contribution < 1.29 is 28.5 Å². The summed E-state index contributed by atoms with van der Waals surface area (Å²) in [6, 6.07) is 1.72. The molecule has 14 heavy (non-hydrogen) atoms. The molecule has 0 N–H and O–H groups in total. The number of hydrogen-bond donors (Lipinski definition) is 0. The van der Waals surface area contributed by atoms with E-state index in [9.17, 15) is 9.59 Å². The maximum absolute atomic E-state index is 10.7. The van der Waals surface area contributed by atoms with Crippen LogP contribution in [0.2, 0.25) is 0 Å². The molecule has 2 aliphatic heterocycles. The van der Waals surface area contributed by atoms with Gasteiger partial charge in [0.2, 0.25) is 6.10 Å². The van der Waals surface area contributed by atoms with E-state index in [0.717, 1.165) is 0 Å². The van der Waals surface area contributed by atoms with Crippen LogP contribution >= 0.6 is 0 Å². The van der Waals surface area contributed by atoms with Crippen LogP contribution in [0.25, 0.3) is 0 Å².